The van der Waals surface area contributed by atoms with Crippen LogP contribution in [0.5, 0.6) is 0 Å². The van der Waals surface area contributed by atoms with Crippen LogP contribution in [0.2, 0.25) is 0 Å². The van der Waals surface area contributed by atoms with Gasteiger partial charge in [-0.05, 0) is 6.07 Å². The number of ether oxygens (including phenoxy) is 1. The van der Waals surface area contributed by atoms with Crippen LogP contribution < -0.4 is 0 Å². The Kier molecular flexibility index (Phi) is 2.22. The summed E-state index contributed by atoms with van der Waals surface area (Å²) in [4.78, 5) is 10.8. The van der Waals surface area contributed by atoms with Gasteiger partial charge >= 0.3 is 5.97 Å². The van der Waals surface area contributed by atoms with Crippen LogP contribution in [0.25, 0.3) is 0 Å². The van der Waals surface area contributed by atoms with E-state index in [-0.39, 0.29) is 5.69 Å². The molecule has 0 atom stereocenters. The Hall–Kier alpha value is -1.36. The van der Waals surface area contributed by atoms with Crippen LogP contribution in [0.4, 0.5) is 0 Å². The number of nitrogens with zero attached hydrogens (tertiary/aromatic N) is 2. The van der Waals surface area contributed by atoms with Gasteiger partial charge in [0.05, 0.1) is 7.11 Å². The molecular formula is C6H7N2O3. The molecule has 0 fully saturated rings. The van der Waals surface area contributed by atoms with Crippen molar-refractivity contribution in [1.82, 2.24) is 9.78 Å². The third kappa shape index (κ3) is 1.38. The first-order valence-electron chi connectivity index (χ1n) is 2.98. The largest absolute Gasteiger partial charge is 0.464 e. The van der Waals surface area contributed by atoms with Gasteiger partial charge in [0.2, 0.25) is 0 Å². The molecule has 11 heavy (non-hydrogen) atoms. The summed E-state index contributed by atoms with van der Waals surface area (Å²) in [6.07, 6.45) is 1.38. The minimum Gasteiger partial charge on any atom is -0.464 e. The molecule has 0 spiro atoms. The highest BCUT2D eigenvalue weighted by Crippen LogP contribution is 1.99. The maximum absolute atomic E-state index is 10.8. The second kappa shape index (κ2) is 3.16. The molecule has 0 aliphatic carbocycles. The lowest BCUT2D eigenvalue weighted by Gasteiger charge is -1.98. The number of carbonyl (C=O) groups excluding carboxylic acids is 1. The van der Waals surface area contributed by atoms with E-state index < -0.39 is 12.7 Å². The zero-order valence-corrected chi connectivity index (χ0v) is 5.98. The van der Waals surface area contributed by atoms with Crippen LogP contribution in [0.3, 0.4) is 0 Å². The van der Waals surface area contributed by atoms with Gasteiger partial charge in [0, 0.05) is 6.20 Å². The molecule has 1 rings (SSSR count). The number of methoxy groups -OCH3 is 1. The minimum absolute atomic E-state index is 0.183. The highest BCUT2D eigenvalue weighted by Gasteiger charge is 2.10. The molecule has 0 unspecified atom stereocenters. The predicted molar refractivity (Wildman–Crippen MR) is 34.3 cm³/mol. The van der Waals surface area contributed by atoms with E-state index in [0.29, 0.717) is 0 Å². The van der Waals surface area contributed by atoms with Gasteiger partial charge in [0.1, 0.15) is 5.69 Å². The summed E-state index contributed by atoms with van der Waals surface area (Å²) in [6, 6.07) is 1.43. The summed E-state index contributed by atoms with van der Waals surface area (Å²) in [5.41, 5.74) is 0.183. The van der Waals surface area contributed by atoms with Crippen molar-refractivity contribution in [3.05, 3.63) is 18.0 Å². The molecule has 0 aromatic carbocycles. The molecule has 1 heterocycles. The maximum Gasteiger partial charge on any atom is 0.356 e. The van der Waals surface area contributed by atoms with Crippen molar-refractivity contribution in [2.45, 2.75) is 6.73 Å². The number of rotatable bonds is 2. The van der Waals surface area contributed by atoms with Crippen LogP contribution in [-0.4, -0.2) is 22.9 Å². The van der Waals surface area contributed by atoms with Gasteiger partial charge in [0.15, 0.2) is 6.73 Å². The molecule has 0 aliphatic heterocycles. The van der Waals surface area contributed by atoms with E-state index >= 15 is 0 Å². The molecule has 0 N–H and O–H groups in total. The Morgan fingerprint density at radius 1 is 1.82 bits per heavy atom. The van der Waals surface area contributed by atoms with Crippen LogP contribution in [0.1, 0.15) is 10.5 Å². The topological polar surface area (TPSA) is 64.0 Å². The van der Waals surface area contributed by atoms with Crippen LogP contribution >= 0.6 is 0 Å². The van der Waals surface area contributed by atoms with E-state index in [1.807, 2.05) is 0 Å². The van der Waals surface area contributed by atoms with Gasteiger partial charge in [-0.15, -0.1) is 0 Å². The summed E-state index contributed by atoms with van der Waals surface area (Å²) in [7, 11) is 1.25. The second-order valence-electron chi connectivity index (χ2n) is 1.84. The van der Waals surface area contributed by atoms with Crippen LogP contribution in [-0.2, 0) is 16.6 Å². The van der Waals surface area contributed by atoms with E-state index in [9.17, 15) is 9.90 Å². The highest BCUT2D eigenvalue weighted by molar-refractivity contribution is 5.87. The molecule has 0 amide bonds. The zero-order chi connectivity index (χ0) is 8.27. The van der Waals surface area contributed by atoms with Gasteiger partial charge < -0.3 is 4.74 Å². The smallest absolute Gasteiger partial charge is 0.356 e. The van der Waals surface area contributed by atoms with Crippen molar-refractivity contribution in [1.29, 1.82) is 0 Å². The van der Waals surface area contributed by atoms with Crippen molar-refractivity contribution in [2.24, 2.45) is 0 Å². The Bertz CT molecular complexity index is 256. The SMILES string of the molecule is COC(=O)c1ccnn1C[O]. The number of hydrogen-bond donors (Lipinski definition) is 0. The van der Waals surface area contributed by atoms with Crippen LogP contribution in [0, 0.1) is 0 Å². The summed E-state index contributed by atoms with van der Waals surface area (Å²) in [6.45, 7) is -0.572. The van der Waals surface area contributed by atoms with Crippen molar-refractivity contribution in [3.8, 4) is 0 Å². The molecule has 59 valence electrons. The fourth-order valence-electron chi connectivity index (χ4n) is 0.714. The molecule has 0 bridgehead atoms. The first kappa shape index (κ1) is 7.74. The maximum atomic E-state index is 10.8. The first-order valence-corrected chi connectivity index (χ1v) is 2.98. The summed E-state index contributed by atoms with van der Waals surface area (Å²) >= 11 is 0. The van der Waals surface area contributed by atoms with E-state index in [0.717, 1.165) is 4.68 Å². The fourth-order valence-corrected chi connectivity index (χ4v) is 0.714. The van der Waals surface area contributed by atoms with E-state index in [1.165, 1.54) is 19.4 Å². The third-order valence-electron chi connectivity index (χ3n) is 1.23. The molecule has 1 radical (unpaired) electrons. The van der Waals surface area contributed by atoms with E-state index in [2.05, 4.69) is 9.84 Å². The van der Waals surface area contributed by atoms with Crippen LogP contribution in [0.15, 0.2) is 12.3 Å². The van der Waals surface area contributed by atoms with E-state index in [4.69, 9.17) is 0 Å². The number of hydrogen-bond acceptors (Lipinski definition) is 3. The quantitative estimate of drug-likeness (QED) is 0.567. The number of carbonyl (C=O) groups is 1. The minimum atomic E-state index is -0.572. The predicted octanol–water partition coefficient (Wildman–Crippen LogP) is 0.0577. The first-order chi connectivity index (χ1) is 5.29. The average Bonchev–Trinajstić information content (AvgIpc) is 2.50. The Morgan fingerprint density at radius 2 is 2.55 bits per heavy atom. The lowest BCUT2D eigenvalue weighted by molar-refractivity contribution is 0.0546. The molecule has 5 heteroatoms. The Balaban J connectivity index is 2.92. The zero-order valence-electron chi connectivity index (χ0n) is 5.98. The molecule has 5 nitrogen and oxygen atoms in total. The Labute approximate surface area is 63.2 Å². The highest BCUT2D eigenvalue weighted by atomic mass is 16.5. The van der Waals surface area contributed by atoms with Gasteiger partial charge in [0.25, 0.3) is 0 Å². The van der Waals surface area contributed by atoms with Gasteiger partial charge in [-0.25, -0.2) is 14.6 Å². The molecule has 0 aliphatic rings. The summed E-state index contributed by atoms with van der Waals surface area (Å²) in [5, 5.41) is 13.9. The molecule has 0 saturated carbocycles. The van der Waals surface area contributed by atoms with E-state index in [1.54, 1.807) is 0 Å². The monoisotopic (exact) mass is 155 g/mol. The molecular weight excluding hydrogens is 148 g/mol. The molecule has 1 aromatic heterocycles. The van der Waals surface area contributed by atoms with Crippen molar-refractivity contribution in [3.63, 3.8) is 0 Å². The fraction of sp³-hybridized carbons (Fsp3) is 0.333. The van der Waals surface area contributed by atoms with Crippen molar-refractivity contribution < 1.29 is 14.6 Å². The Morgan fingerprint density at radius 3 is 3.09 bits per heavy atom. The summed E-state index contributed by atoms with van der Waals surface area (Å²) in [5.74, 6) is -0.543. The lowest BCUT2D eigenvalue weighted by atomic mass is 10.4. The normalized spacial score (nSPS) is 9.64. The lowest BCUT2D eigenvalue weighted by Crippen LogP contribution is -2.10. The molecule has 0 saturated heterocycles. The third-order valence-corrected chi connectivity index (χ3v) is 1.23. The average molecular weight is 155 g/mol. The second-order valence-corrected chi connectivity index (χ2v) is 1.84. The van der Waals surface area contributed by atoms with Crippen molar-refractivity contribution >= 4 is 5.97 Å². The van der Waals surface area contributed by atoms with Crippen molar-refractivity contribution in [2.75, 3.05) is 7.11 Å². The van der Waals surface area contributed by atoms with Gasteiger partial charge in [-0.3, -0.25) is 0 Å². The number of esters is 1. The van der Waals surface area contributed by atoms with Gasteiger partial charge in [-0.2, -0.15) is 5.10 Å². The molecule has 1 aromatic rings. The standard InChI is InChI=1S/C6H7N2O3/c1-11-6(10)5-2-3-7-8(5)4-9/h2-3H,4H2,1H3. The van der Waals surface area contributed by atoms with Gasteiger partial charge in [-0.1, -0.05) is 0 Å². The number of aromatic nitrogens is 2. The summed E-state index contributed by atoms with van der Waals surface area (Å²) < 4.78 is 5.43.